The second-order valence-electron chi connectivity index (χ2n) is 2.81. The number of hydrogen-bond acceptors (Lipinski definition) is 3. The van der Waals surface area contributed by atoms with E-state index in [0.717, 1.165) is 10.2 Å². The van der Waals surface area contributed by atoms with Gasteiger partial charge in [0.15, 0.2) is 0 Å². The van der Waals surface area contributed by atoms with Gasteiger partial charge in [0.05, 0.1) is 11.3 Å². The minimum Gasteiger partial charge on any atom is -0.318 e. The quantitative estimate of drug-likeness (QED) is 0.805. The minimum atomic E-state index is 0.628. The molecule has 3 nitrogen and oxygen atoms in total. The fourth-order valence-corrected chi connectivity index (χ4v) is 1.31. The van der Waals surface area contributed by atoms with Crippen LogP contribution in [0.25, 0.3) is 0 Å². The van der Waals surface area contributed by atoms with Gasteiger partial charge in [-0.2, -0.15) is 5.26 Å². The van der Waals surface area contributed by atoms with Crippen LogP contribution in [0.15, 0.2) is 22.7 Å². The Morgan fingerprint density at radius 2 is 2.15 bits per heavy atom. The second-order valence-corrected chi connectivity index (χ2v) is 3.72. The zero-order valence-corrected chi connectivity index (χ0v) is 9.09. The van der Waals surface area contributed by atoms with Gasteiger partial charge in [-0.15, -0.1) is 0 Å². The lowest BCUT2D eigenvalue weighted by molar-refractivity contribution is 0.495. The predicted octanol–water partition coefficient (Wildman–Crippen LogP) is 2.21. The molecule has 1 N–H and O–H groups in total. The molecule has 0 aliphatic rings. The van der Waals surface area contributed by atoms with Crippen LogP contribution in [0.1, 0.15) is 5.56 Å². The Morgan fingerprint density at radius 3 is 2.69 bits per heavy atom. The zero-order chi connectivity index (χ0) is 9.84. The van der Waals surface area contributed by atoms with Crippen molar-refractivity contribution in [1.82, 2.24) is 5.01 Å². The van der Waals surface area contributed by atoms with Crippen LogP contribution in [-0.4, -0.2) is 19.1 Å². The number of hydrazine groups is 1. The Kier molecular flexibility index (Phi) is 3.29. The van der Waals surface area contributed by atoms with Crippen molar-refractivity contribution in [3.63, 3.8) is 0 Å². The van der Waals surface area contributed by atoms with Gasteiger partial charge in [-0.25, -0.2) is 5.01 Å². The number of hydrogen-bond donors (Lipinski definition) is 1. The first-order valence-corrected chi connectivity index (χ1v) is 4.56. The number of nitrogens with one attached hydrogen (secondary N) is 1. The van der Waals surface area contributed by atoms with Gasteiger partial charge < -0.3 is 5.43 Å². The van der Waals surface area contributed by atoms with Crippen molar-refractivity contribution in [2.75, 3.05) is 19.5 Å². The lowest BCUT2D eigenvalue weighted by atomic mass is 10.2. The summed E-state index contributed by atoms with van der Waals surface area (Å²) < 4.78 is 0.911. The first kappa shape index (κ1) is 10.0. The van der Waals surface area contributed by atoms with Gasteiger partial charge in [0.2, 0.25) is 0 Å². The van der Waals surface area contributed by atoms with Gasteiger partial charge in [0, 0.05) is 18.6 Å². The third-order valence-electron chi connectivity index (χ3n) is 1.45. The molecule has 0 aliphatic carbocycles. The van der Waals surface area contributed by atoms with Crippen LogP contribution in [0, 0.1) is 11.3 Å². The summed E-state index contributed by atoms with van der Waals surface area (Å²) in [6.07, 6.45) is 0. The Labute approximate surface area is 86.1 Å². The molecule has 4 heteroatoms. The van der Waals surface area contributed by atoms with Crippen LogP contribution in [0.2, 0.25) is 0 Å². The largest absolute Gasteiger partial charge is 0.318 e. The van der Waals surface area contributed by atoms with E-state index < -0.39 is 0 Å². The summed E-state index contributed by atoms with van der Waals surface area (Å²) in [5, 5.41) is 10.6. The van der Waals surface area contributed by atoms with E-state index in [1.165, 1.54) is 0 Å². The molecular weight excluding hydrogens is 230 g/mol. The van der Waals surface area contributed by atoms with Gasteiger partial charge in [-0.3, -0.25) is 0 Å². The maximum atomic E-state index is 8.83. The highest BCUT2D eigenvalue weighted by molar-refractivity contribution is 9.10. The van der Waals surface area contributed by atoms with E-state index in [-0.39, 0.29) is 0 Å². The molecule has 0 aromatic heterocycles. The number of nitriles is 1. The summed E-state index contributed by atoms with van der Waals surface area (Å²) >= 11 is 3.31. The maximum absolute atomic E-state index is 8.83. The monoisotopic (exact) mass is 239 g/mol. The molecule has 13 heavy (non-hydrogen) atoms. The molecule has 0 saturated heterocycles. The Morgan fingerprint density at radius 1 is 1.46 bits per heavy atom. The van der Waals surface area contributed by atoms with Gasteiger partial charge in [0.1, 0.15) is 6.07 Å². The molecule has 1 rings (SSSR count). The Bertz CT molecular complexity index is 341. The predicted molar refractivity (Wildman–Crippen MR) is 56.2 cm³/mol. The summed E-state index contributed by atoms with van der Waals surface area (Å²) in [4.78, 5) is 0. The smallest absolute Gasteiger partial charge is 0.101 e. The van der Waals surface area contributed by atoms with Crippen molar-refractivity contribution in [2.45, 2.75) is 0 Å². The van der Waals surface area contributed by atoms with Crippen molar-refractivity contribution in [2.24, 2.45) is 0 Å². The normalized spacial score (nSPS) is 9.77. The summed E-state index contributed by atoms with van der Waals surface area (Å²) in [5.41, 5.74) is 4.48. The van der Waals surface area contributed by atoms with Crippen LogP contribution < -0.4 is 5.43 Å². The first-order valence-electron chi connectivity index (χ1n) is 3.77. The molecule has 0 aliphatic heterocycles. The van der Waals surface area contributed by atoms with Crippen LogP contribution >= 0.6 is 15.9 Å². The molecule has 0 heterocycles. The van der Waals surface area contributed by atoms with Crippen LogP contribution in [0.5, 0.6) is 0 Å². The summed E-state index contributed by atoms with van der Waals surface area (Å²) in [6, 6.07) is 7.67. The lowest BCUT2D eigenvalue weighted by Gasteiger charge is -2.14. The van der Waals surface area contributed by atoms with E-state index in [9.17, 15) is 0 Å². The number of anilines is 1. The number of rotatable bonds is 2. The second kappa shape index (κ2) is 4.26. The zero-order valence-electron chi connectivity index (χ0n) is 7.50. The molecule has 68 valence electrons. The van der Waals surface area contributed by atoms with Gasteiger partial charge in [0.25, 0.3) is 0 Å². The third-order valence-corrected chi connectivity index (χ3v) is 1.94. The molecule has 0 fully saturated rings. The first-order chi connectivity index (χ1) is 6.13. The van der Waals surface area contributed by atoms with Crippen LogP contribution in [0.4, 0.5) is 5.69 Å². The molecule has 0 radical (unpaired) electrons. The fourth-order valence-electron chi connectivity index (χ4n) is 0.947. The van der Waals surface area contributed by atoms with Crippen LogP contribution in [-0.2, 0) is 0 Å². The van der Waals surface area contributed by atoms with Crippen molar-refractivity contribution in [1.29, 1.82) is 5.26 Å². The Hall–Kier alpha value is -1.05. The average molecular weight is 240 g/mol. The minimum absolute atomic E-state index is 0.628. The van der Waals surface area contributed by atoms with Crippen molar-refractivity contribution in [3.8, 4) is 6.07 Å². The highest BCUT2D eigenvalue weighted by Crippen LogP contribution is 2.20. The van der Waals surface area contributed by atoms with Gasteiger partial charge in [-0.05, 0) is 18.2 Å². The highest BCUT2D eigenvalue weighted by Gasteiger charge is 2.02. The van der Waals surface area contributed by atoms with E-state index >= 15 is 0 Å². The SMILES string of the molecule is CN(C)Nc1ccc(Br)cc1C#N. The maximum Gasteiger partial charge on any atom is 0.101 e. The summed E-state index contributed by atoms with van der Waals surface area (Å²) in [6.45, 7) is 0. The molecular formula is C9H10BrN3. The topological polar surface area (TPSA) is 39.1 Å². The van der Waals surface area contributed by atoms with Crippen LogP contribution in [0.3, 0.4) is 0 Å². The molecule has 0 amide bonds. The standard InChI is InChI=1S/C9H10BrN3/c1-13(2)12-9-4-3-8(10)5-7(9)6-11/h3-5,12H,1-2H3. The van der Waals surface area contributed by atoms with Gasteiger partial charge >= 0.3 is 0 Å². The molecule has 0 spiro atoms. The number of benzene rings is 1. The number of halogens is 1. The Balaban J connectivity index is 3.01. The van der Waals surface area contributed by atoms with E-state index in [1.54, 1.807) is 11.1 Å². The van der Waals surface area contributed by atoms with E-state index in [0.29, 0.717) is 5.56 Å². The van der Waals surface area contributed by atoms with E-state index in [4.69, 9.17) is 5.26 Å². The number of nitrogens with zero attached hydrogens (tertiary/aromatic N) is 2. The molecule has 1 aromatic rings. The summed E-state index contributed by atoms with van der Waals surface area (Å²) in [7, 11) is 3.76. The van der Waals surface area contributed by atoms with Gasteiger partial charge in [-0.1, -0.05) is 15.9 Å². The van der Waals surface area contributed by atoms with Crippen molar-refractivity contribution < 1.29 is 0 Å². The molecule has 0 bridgehead atoms. The molecule has 0 atom stereocenters. The van der Waals surface area contributed by atoms with Crippen molar-refractivity contribution in [3.05, 3.63) is 28.2 Å². The summed E-state index contributed by atoms with van der Waals surface area (Å²) in [5.74, 6) is 0. The highest BCUT2D eigenvalue weighted by atomic mass is 79.9. The lowest BCUT2D eigenvalue weighted by Crippen LogP contribution is -2.20. The molecule has 1 aromatic carbocycles. The fraction of sp³-hybridized carbons (Fsp3) is 0.222. The van der Waals surface area contributed by atoms with E-state index in [2.05, 4.69) is 27.4 Å². The third kappa shape index (κ3) is 2.72. The molecule has 0 unspecified atom stereocenters. The molecule has 0 saturated carbocycles. The average Bonchev–Trinajstić information content (AvgIpc) is 2.07. The van der Waals surface area contributed by atoms with Crippen molar-refractivity contribution >= 4 is 21.6 Å². The van der Waals surface area contributed by atoms with E-state index in [1.807, 2.05) is 26.2 Å².